The summed E-state index contributed by atoms with van der Waals surface area (Å²) in [6.07, 6.45) is 6.48. The number of ether oxygens (including phenoxy) is 1. The summed E-state index contributed by atoms with van der Waals surface area (Å²) in [6.45, 7) is 6.96. The number of benzene rings is 2. The minimum absolute atomic E-state index is 0.306. The molecule has 1 aliphatic rings. The highest BCUT2D eigenvalue weighted by Gasteiger charge is 2.15. The first-order chi connectivity index (χ1) is 16.1. The molecule has 0 radical (unpaired) electrons. The van der Waals surface area contributed by atoms with Gasteiger partial charge in [0, 0.05) is 44.3 Å². The van der Waals surface area contributed by atoms with Crippen molar-refractivity contribution in [1.82, 2.24) is 15.4 Å². The van der Waals surface area contributed by atoms with E-state index >= 15 is 0 Å². The summed E-state index contributed by atoms with van der Waals surface area (Å²) in [7, 11) is 0. The first-order valence-electron chi connectivity index (χ1n) is 11.7. The molecule has 0 saturated carbocycles. The molecule has 2 aromatic carbocycles. The fraction of sp³-hybridized carbons (Fsp3) is 0.385. The average Bonchev–Trinajstić information content (AvgIpc) is 3.25. The van der Waals surface area contributed by atoms with Gasteiger partial charge in [0.05, 0.1) is 11.0 Å². The van der Waals surface area contributed by atoms with E-state index in [0.29, 0.717) is 6.61 Å². The quantitative estimate of drug-likeness (QED) is 0.370. The molecule has 33 heavy (non-hydrogen) atoms. The largest absolute Gasteiger partial charge is 0.372 e. The number of hydrogen-bond acceptors (Lipinski definition) is 5. The second-order valence-electron chi connectivity index (χ2n) is 8.19. The molecule has 1 amide bonds. The van der Waals surface area contributed by atoms with Crippen molar-refractivity contribution in [1.29, 1.82) is 0 Å². The van der Waals surface area contributed by atoms with Gasteiger partial charge in [-0.15, -0.1) is 0 Å². The van der Waals surface area contributed by atoms with Crippen LogP contribution in [0.3, 0.4) is 0 Å². The number of rotatable bonds is 9. The van der Waals surface area contributed by atoms with Crippen LogP contribution in [0.4, 0.5) is 5.69 Å². The Morgan fingerprint density at radius 1 is 1.21 bits per heavy atom. The van der Waals surface area contributed by atoms with Crippen LogP contribution in [0.1, 0.15) is 50.1 Å². The number of carbonyl (C=O) groups excluding carboxylic acids is 1. The summed E-state index contributed by atoms with van der Waals surface area (Å²) in [5.41, 5.74) is 7.77. The van der Waals surface area contributed by atoms with Gasteiger partial charge in [0.25, 0.3) is 5.91 Å². The maximum atomic E-state index is 12.0. The number of amides is 1. The molecular weight excluding hydrogens is 416 g/mol. The molecular formula is C26H32N4O3. The molecule has 7 nitrogen and oxygen atoms in total. The molecule has 0 bridgehead atoms. The average molecular weight is 449 g/mol. The Morgan fingerprint density at radius 3 is 2.76 bits per heavy atom. The number of fused-ring (bicyclic) bond motifs is 1. The lowest BCUT2D eigenvalue weighted by Gasteiger charge is -2.21. The molecule has 1 aromatic heterocycles. The van der Waals surface area contributed by atoms with Gasteiger partial charge in [0.15, 0.2) is 6.29 Å². The Morgan fingerprint density at radius 2 is 2.03 bits per heavy atom. The number of imidazole rings is 1. The van der Waals surface area contributed by atoms with Gasteiger partial charge in [-0.3, -0.25) is 4.79 Å². The predicted molar refractivity (Wildman–Crippen MR) is 131 cm³/mol. The van der Waals surface area contributed by atoms with Crippen molar-refractivity contribution >= 4 is 28.7 Å². The molecule has 1 aliphatic heterocycles. The second-order valence-corrected chi connectivity index (χ2v) is 8.19. The van der Waals surface area contributed by atoms with Gasteiger partial charge in [-0.1, -0.05) is 24.3 Å². The molecule has 7 heteroatoms. The van der Waals surface area contributed by atoms with Crippen LogP contribution in [0.5, 0.6) is 0 Å². The molecule has 1 atom stereocenters. The lowest BCUT2D eigenvalue weighted by molar-refractivity contribution is -0.198. The van der Waals surface area contributed by atoms with Crippen LogP contribution >= 0.6 is 0 Å². The van der Waals surface area contributed by atoms with Gasteiger partial charge in [0.1, 0.15) is 5.82 Å². The molecule has 0 aliphatic carbocycles. The van der Waals surface area contributed by atoms with Gasteiger partial charge in [-0.05, 0) is 62.1 Å². The van der Waals surface area contributed by atoms with Crippen LogP contribution in [0.2, 0.25) is 0 Å². The Hall–Kier alpha value is -3.16. The second kappa shape index (κ2) is 11.1. The number of aromatic amines is 1. The molecule has 2 N–H and O–H groups in total. The minimum atomic E-state index is -0.350. The van der Waals surface area contributed by atoms with Gasteiger partial charge in [-0.2, -0.15) is 0 Å². The number of aromatic nitrogens is 2. The van der Waals surface area contributed by atoms with E-state index in [9.17, 15) is 4.79 Å². The summed E-state index contributed by atoms with van der Waals surface area (Å²) in [5, 5.41) is 0. The minimum Gasteiger partial charge on any atom is -0.372 e. The first-order valence-corrected chi connectivity index (χ1v) is 11.7. The van der Waals surface area contributed by atoms with E-state index in [1.165, 1.54) is 11.8 Å². The smallest absolute Gasteiger partial charge is 0.267 e. The van der Waals surface area contributed by atoms with E-state index in [1.807, 2.05) is 12.1 Å². The molecule has 3 aromatic rings. The van der Waals surface area contributed by atoms with Crippen molar-refractivity contribution in [2.24, 2.45) is 0 Å². The highest BCUT2D eigenvalue weighted by atomic mass is 16.8. The Labute approximate surface area is 194 Å². The maximum absolute atomic E-state index is 12.0. The van der Waals surface area contributed by atoms with E-state index < -0.39 is 0 Å². The maximum Gasteiger partial charge on any atom is 0.267 e. The summed E-state index contributed by atoms with van der Waals surface area (Å²) < 4.78 is 5.43. The number of anilines is 1. The van der Waals surface area contributed by atoms with Crippen molar-refractivity contribution in [3.63, 3.8) is 0 Å². The molecule has 1 unspecified atom stereocenters. The Bertz CT molecular complexity index is 1080. The topological polar surface area (TPSA) is 79.5 Å². The lowest BCUT2D eigenvalue weighted by Crippen LogP contribution is -2.32. The number of H-pyrrole nitrogens is 1. The van der Waals surface area contributed by atoms with E-state index in [4.69, 9.17) is 14.6 Å². The van der Waals surface area contributed by atoms with Gasteiger partial charge >= 0.3 is 0 Å². The fourth-order valence-corrected chi connectivity index (χ4v) is 3.99. The molecule has 4 rings (SSSR count). The van der Waals surface area contributed by atoms with Crippen LogP contribution in [0.15, 0.2) is 48.5 Å². The van der Waals surface area contributed by atoms with Crippen LogP contribution < -0.4 is 10.4 Å². The fourth-order valence-electron chi connectivity index (χ4n) is 3.99. The van der Waals surface area contributed by atoms with Crippen molar-refractivity contribution in [2.75, 3.05) is 24.6 Å². The van der Waals surface area contributed by atoms with Gasteiger partial charge < -0.3 is 14.6 Å². The van der Waals surface area contributed by atoms with E-state index in [2.05, 4.69) is 59.5 Å². The molecule has 1 saturated heterocycles. The monoisotopic (exact) mass is 448 g/mol. The third-order valence-corrected chi connectivity index (χ3v) is 5.85. The molecule has 174 valence electrons. The number of nitrogens with one attached hydrogen (secondary N) is 2. The molecule has 0 spiro atoms. The van der Waals surface area contributed by atoms with E-state index in [1.54, 1.807) is 6.08 Å². The number of carbonyl (C=O) groups is 1. The molecule has 2 heterocycles. The van der Waals surface area contributed by atoms with Gasteiger partial charge in [0.2, 0.25) is 0 Å². The number of nitrogens with zero attached hydrogens (tertiary/aromatic N) is 2. The number of hydrogen-bond donors (Lipinski definition) is 2. The highest BCUT2D eigenvalue weighted by molar-refractivity contribution is 5.90. The van der Waals surface area contributed by atoms with Crippen LogP contribution in [-0.4, -0.2) is 41.9 Å². The highest BCUT2D eigenvalue weighted by Crippen LogP contribution is 2.22. The van der Waals surface area contributed by atoms with Crippen molar-refractivity contribution in [3.8, 4) is 0 Å². The van der Waals surface area contributed by atoms with Crippen molar-refractivity contribution in [3.05, 3.63) is 65.5 Å². The van der Waals surface area contributed by atoms with Crippen LogP contribution in [0, 0.1) is 0 Å². The zero-order valence-corrected chi connectivity index (χ0v) is 19.3. The summed E-state index contributed by atoms with van der Waals surface area (Å²) >= 11 is 0. The van der Waals surface area contributed by atoms with E-state index in [-0.39, 0.29) is 12.2 Å². The third-order valence-electron chi connectivity index (χ3n) is 5.85. The molecule has 1 fully saturated rings. The van der Waals surface area contributed by atoms with Crippen molar-refractivity contribution < 1.29 is 14.4 Å². The normalized spacial score (nSPS) is 16.4. The van der Waals surface area contributed by atoms with Crippen LogP contribution in [-0.2, 0) is 20.8 Å². The predicted octanol–water partition coefficient (Wildman–Crippen LogP) is 4.59. The summed E-state index contributed by atoms with van der Waals surface area (Å²) in [6, 6.07) is 14.5. The van der Waals surface area contributed by atoms with Gasteiger partial charge in [-0.25, -0.2) is 15.3 Å². The summed E-state index contributed by atoms with van der Waals surface area (Å²) in [5.74, 6) is 0.631. The third kappa shape index (κ3) is 6.21. The zero-order valence-electron chi connectivity index (χ0n) is 19.3. The first kappa shape index (κ1) is 23.0. The standard InChI is InChI=1S/C26H32N4O3/c1-3-30(4-2)21-13-14-22-23(18-21)28-24(27-22)17-20-10-8-19(9-11-20)12-15-25(31)29-33-26-7-5-6-16-32-26/h8-15,18,26H,3-7,16-17H2,1-2H3,(H,27,28)(H,29,31)/b15-12+. The van der Waals surface area contributed by atoms with Crippen molar-refractivity contribution in [2.45, 2.75) is 45.8 Å². The Balaban J connectivity index is 1.32. The SMILES string of the molecule is CCN(CC)c1ccc2nc(Cc3ccc(/C=C/C(=O)NOC4CCCCO4)cc3)[nH]c2c1. The van der Waals surface area contributed by atoms with Crippen LogP contribution in [0.25, 0.3) is 17.1 Å². The zero-order chi connectivity index (χ0) is 23.0. The number of hydroxylamine groups is 1. The lowest BCUT2D eigenvalue weighted by atomic mass is 10.1. The summed E-state index contributed by atoms with van der Waals surface area (Å²) in [4.78, 5) is 27.8. The Kier molecular flexibility index (Phi) is 7.75. The van der Waals surface area contributed by atoms with E-state index in [0.717, 1.165) is 66.8 Å².